The molecule has 0 amide bonds. The Morgan fingerprint density at radius 2 is 1.87 bits per heavy atom. The Morgan fingerprint density at radius 1 is 1.13 bits per heavy atom. The third-order valence-electron chi connectivity index (χ3n) is 4.17. The van der Waals surface area contributed by atoms with Crippen molar-refractivity contribution in [2.75, 3.05) is 13.2 Å². The summed E-state index contributed by atoms with van der Waals surface area (Å²) in [5.74, 6) is 0.854. The topological polar surface area (TPSA) is 132 Å². The molecule has 164 valence electrons. The van der Waals surface area contributed by atoms with Crippen LogP contribution in [0.15, 0.2) is 45.1 Å². The largest absolute Gasteiger partial charge is 0.494 e. The zero-order valence-electron chi connectivity index (χ0n) is 17.4. The maximum absolute atomic E-state index is 12.1. The van der Waals surface area contributed by atoms with Crippen LogP contribution >= 0.6 is 11.8 Å². The highest BCUT2D eigenvalue weighted by molar-refractivity contribution is 8.00. The average Bonchev–Trinajstić information content (AvgIpc) is 3.10. The Bertz CT molecular complexity index is 1120. The van der Waals surface area contributed by atoms with Crippen LogP contribution < -0.4 is 16.0 Å². The van der Waals surface area contributed by atoms with E-state index in [1.54, 1.807) is 18.4 Å². The van der Waals surface area contributed by atoms with Gasteiger partial charge in [0.25, 0.3) is 5.56 Å². The monoisotopic (exact) mass is 445 g/mol. The number of ether oxygens (including phenoxy) is 2. The van der Waals surface area contributed by atoms with Gasteiger partial charge < -0.3 is 14.5 Å². The number of esters is 1. The number of benzene rings is 1. The van der Waals surface area contributed by atoms with E-state index in [-0.39, 0.29) is 19.0 Å². The molecule has 3 aromatic rings. The standard InChI is InChI=1S/C20H23N5O5S/c1-4-29-15-8-6-14(7-9-15)25-16(10-13-11-17(26)22-19(28)21-13)23-24-20(25)31-12(3)18(27)30-5-2/h6-9,11-12H,4-5,10H2,1-3H3,(H2,21,22,26,28)/t12-/m0/s1. The molecule has 10 nitrogen and oxygen atoms in total. The summed E-state index contributed by atoms with van der Waals surface area (Å²) in [5.41, 5.74) is 0.0362. The summed E-state index contributed by atoms with van der Waals surface area (Å²) < 4.78 is 12.4. The molecule has 0 aliphatic carbocycles. The van der Waals surface area contributed by atoms with E-state index in [4.69, 9.17) is 9.47 Å². The smallest absolute Gasteiger partial charge is 0.325 e. The lowest BCUT2D eigenvalue weighted by atomic mass is 10.2. The van der Waals surface area contributed by atoms with E-state index >= 15 is 0 Å². The molecule has 0 saturated heterocycles. The van der Waals surface area contributed by atoms with Gasteiger partial charge in [0.2, 0.25) is 0 Å². The molecule has 0 bridgehead atoms. The van der Waals surface area contributed by atoms with Crippen LogP contribution in [-0.2, 0) is 16.0 Å². The van der Waals surface area contributed by atoms with Gasteiger partial charge in [-0.15, -0.1) is 10.2 Å². The fourth-order valence-electron chi connectivity index (χ4n) is 2.86. The van der Waals surface area contributed by atoms with E-state index in [1.165, 1.54) is 17.8 Å². The van der Waals surface area contributed by atoms with Gasteiger partial charge in [0.15, 0.2) is 5.16 Å². The fourth-order valence-corrected chi connectivity index (χ4v) is 3.74. The second kappa shape index (κ2) is 10.1. The molecule has 0 aliphatic heterocycles. The highest BCUT2D eigenvalue weighted by Gasteiger charge is 2.22. The van der Waals surface area contributed by atoms with Gasteiger partial charge in [-0.25, -0.2) is 4.79 Å². The van der Waals surface area contributed by atoms with Crippen molar-refractivity contribution in [1.29, 1.82) is 0 Å². The summed E-state index contributed by atoms with van der Waals surface area (Å²) in [4.78, 5) is 40.1. The van der Waals surface area contributed by atoms with Crippen LogP contribution in [0.2, 0.25) is 0 Å². The molecular formula is C20H23N5O5S. The second-order valence-electron chi connectivity index (χ2n) is 6.46. The number of aromatic nitrogens is 5. The zero-order chi connectivity index (χ0) is 22.4. The zero-order valence-corrected chi connectivity index (χ0v) is 18.2. The Balaban J connectivity index is 2.00. The third kappa shape index (κ3) is 5.63. The van der Waals surface area contributed by atoms with Crippen LogP contribution in [0.4, 0.5) is 0 Å². The number of hydrogen-bond acceptors (Lipinski definition) is 8. The Hall–Kier alpha value is -3.34. The van der Waals surface area contributed by atoms with Crippen LogP contribution in [-0.4, -0.2) is 49.2 Å². The van der Waals surface area contributed by atoms with Crippen LogP contribution in [0.1, 0.15) is 32.3 Å². The van der Waals surface area contributed by atoms with E-state index in [9.17, 15) is 14.4 Å². The number of H-pyrrole nitrogens is 2. The summed E-state index contributed by atoms with van der Waals surface area (Å²) in [6.07, 6.45) is 0.160. The maximum atomic E-state index is 12.1. The summed E-state index contributed by atoms with van der Waals surface area (Å²) in [6, 6.07) is 8.63. The molecule has 2 heterocycles. The van der Waals surface area contributed by atoms with Crippen molar-refractivity contribution in [2.24, 2.45) is 0 Å². The minimum absolute atomic E-state index is 0.160. The highest BCUT2D eigenvalue weighted by Crippen LogP contribution is 2.28. The SMILES string of the molecule is CCOC(=O)[C@H](C)Sc1nnc(Cc2cc(=O)[nH]c(=O)[nH]2)n1-c1ccc(OCC)cc1. The minimum Gasteiger partial charge on any atom is -0.494 e. The number of nitrogens with zero attached hydrogens (tertiary/aromatic N) is 3. The Morgan fingerprint density at radius 3 is 2.52 bits per heavy atom. The lowest BCUT2D eigenvalue weighted by molar-refractivity contribution is -0.142. The molecule has 0 aliphatic rings. The summed E-state index contributed by atoms with van der Waals surface area (Å²) in [5, 5.41) is 8.45. The van der Waals surface area contributed by atoms with Gasteiger partial charge >= 0.3 is 11.7 Å². The molecule has 0 unspecified atom stereocenters. The Kier molecular flexibility index (Phi) is 7.29. The van der Waals surface area contributed by atoms with Gasteiger partial charge in [0.05, 0.1) is 13.2 Å². The maximum Gasteiger partial charge on any atom is 0.325 e. The first-order chi connectivity index (χ1) is 14.9. The molecule has 0 radical (unpaired) electrons. The van der Waals surface area contributed by atoms with Crippen LogP contribution in [0, 0.1) is 0 Å². The molecule has 2 aromatic heterocycles. The quantitative estimate of drug-likeness (QED) is 0.376. The number of rotatable bonds is 9. The highest BCUT2D eigenvalue weighted by atomic mass is 32.2. The first-order valence-corrected chi connectivity index (χ1v) is 10.6. The second-order valence-corrected chi connectivity index (χ2v) is 7.77. The lowest BCUT2D eigenvalue weighted by Crippen LogP contribution is -2.23. The van der Waals surface area contributed by atoms with Crippen molar-refractivity contribution in [3.05, 3.63) is 62.7 Å². The van der Waals surface area contributed by atoms with Crippen molar-refractivity contribution in [3.8, 4) is 11.4 Å². The van der Waals surface area contributed by atoms with Gasteiger partial charge in [-0.2, -0.15) is 0 Å². The number of carbonyl (C=O) groups excluding carboxylic acids is 1. The molecule has 0 fully saturated rings. The predicted octanol–water partition coefficient (Wildman–Crippen LogP) is 1.68. The van der Waals surface area contributed by atoms with Crippen molar-refractivity contribution in [3.63, 3.8) is 0 Å². The van der Waals surface area contributed by atoms with Crippen molar-refractivity contribution in [1.82, 2.24) is 24.7 Å². The van der Waals surface area contributed by atoms with E-state index in [2.05, 4.69) is 20.2 Å². The first-order valence-electron chi connectivity index (χ1n) is 9.74. The molecule has 0 saturated carbocycles. The van der Waals surface area contributed by atoms with Gasteiger partial charge in [-0.3, -0.25) is 19.1 Å². The normalized spacial score (nSPS) is 11.8. The van der Waals surface area contributed by atoms with E-state index in [0.29, 0.717) is 29.0 Å². The molecule has 0 spiro atoms. The average molecular weight is 446 g/mol. The van der Waals surface area contributed by atoms with Crippen molar-refractivity contribution in [2.45, 2.75) is 37.6 Å². The molecule has 3 rings (SSSR count). The van der Waals surface area contributed by atoms with Gasteiger partial charge in [-0.05, 0) is 45.0 Å². The number of nitrogens with one attached hydrogen (secondary N) is 2. The third-order valence-corrected chi connectivity index (χ3v) is 5.19. The summed E-state index contributed by atoms with van der Waals surface area (Å²) in [7, 11) is 0. The number of hydrogen-bond donors (Lipinski definition) is 2. The van der Waals surface area contributed by atoms with E-state index in [0.717, 1.165) is 5.69 Å². The summed E-state index contributed by atoms with van der Waals surface area (Å²) in [6.45, 7) is 6.22. The predicted molar refractivity (Wildman–Crippen MR) is 115 cm³/mol. The van der Waals surface area contributed by atoms with E-state index in [1.807, 2.05) is 31.2 Å². The fraction of sp³-hybridized carbons (Fsp3) is 0.350. The minimum atomic E-state index is -0.597. The first kappa shape index (κ1) is 22.3. The van der Waals surface area contributed by atoms with Gasteiger partial charge in [0, 0.05) is 23.9 Å². The molecule has 1 atom stereocenters. The number of aromatic amines is 2. The van der Waals surface area contributed by atoms with Crippen molar-refractivity contribution >= 4 is 17.7 Å². The van der Waals surface area contributed by atoms with Crippen molar-refractivity contribution < 1.29 is 14.3 Å². The lowest BCUT2D eigenvalue weighted by Gasteiger charge is -2.13. The molecule has 1 aromatic carbocycles. The van der Waals surface area contributed by atoms with Gasteiger partial charge in [-0.1, -0.05) is 11.8 Å². The molecule has 31 heavy (non-hydrogen) atoms. The van der Waals surface area contributed by atoms with Crippen LogP contribution in [0.25, 0.3) is 5.69 Å². The molecule has 11 heteroatoms. The molecular weight excluding hydrogens is 422 g/mol. The molecule has 2 N–H and O–H groups in total. The Labute approximate surface area is 182 Å². The number of carbonyl (C=O) groups is 1. The van der Waals surface area contributed by atoms with E-state index < -0.39 is 16.5 Å². The van der Waals surface area contributed by atoms with Crippen LogP contribution in [0.5, 0.6) is 5.75 Å². The summed E-state index contributed by atoms with van der Waals surface area (Å²) >= 11 is 1.21. The number of thioether (sulfide) groups is 1. The van der Waals surface area contributed by atoms with Crippen LogP contribution in [0.3, 0.4) is 0 Å². The van der Waals surface area contributed by atoms with Gasteiger partial charge in [0.1, 0.15) is 16.8 Å².